The Morgan fingerprint density at radius 1 is 1.08 bits per heavy atom. The lowest BCUT2D eigenvalue weighted by atomic mass is 9.81. The first-order valence-electron chi connectivity index (χ1n) is 12.8. The summed E-state index contributed by atoms with van der Waals surface area (Å²) in [6.07, 6.45) is 4.39. The quantitative estimate of drug-likeness (QED) is 0.570. The summed E-state index contributed by atoms with van der Waals surface area (Å²) in [4.78, 5) is 36.1. The molecule has 2 aliphatic heterocycles. The highest BCUT2D eigenvalue weighted by atomic mass is 16.7. The van der Waals surface area contributed by atoms with Crippen LogP contribution in [0.2, 0.25) is 0 Å². The van der Waals surface area contributed by atoms with Crippen molar-refractivity contribution in [1.29, 1.82) is 0 Å². The molecule has 0 saturated carbocycles. The van der Waals surface area contributed by atoms with Gasteiger partial charge in [0, 0.05) is 37.0 Å². The van der Waals surface area contributed by atoms with Gasteiger partial charge in [-0.15, -0.1) is 0 Å². The van der Waals surface area contributed by atoms with Crippen LogP contribution in [0.3, 0.4) is 0 Å². The number of aromatic nitrogens is 2. The number of carbonyl (C=O) groups is 2. The third-order valence-electron chi connectivity index (χ3n) is 6.94. The zero-order valence-corrected chi connectivity index (χ0v) is 23.2. The Bertz CT molecular complexity index is 908. The lowest BCUT2D eigenvalue weighted by Crippen LogP contribution is -2.54. The normalized spacial score (nSPS) is 20.8. The van der Waals surface area contributed by atoms with Gasteiger partial charge in [0.15, 0.2) is 0 Å². The number of nitrogens with one attached hydrogen (secondary N) is 2. The molecule has 0 spiro atoms. The van der Waals surface area contributed by atoms with Crippen LogP contribution in [0.5, 0.6) is 0 Å². The molecule has 0 bridgehead atoms. The van der Waals surface area contributed by atoms with E-state index in [0.29, 0.717) is 19.0 Å². The molecule has 1 aromatic heterocycles. The molecule has 36 heavy (non-hydrogen) atoms. The summed E-state index contributed by atoms with van der Waals surface area (Å²) in [6.45, 7) is 18.4. The van der Waals surface area contributed by atoms with Gasteiger partial charge in [0.25, 0.3) is 0 Å². The molecule has 200 valence electrons. The van der Waals surface area contributed by atoms with E-state index in [0.717, 1.165) is 18.3 Å². The molecule has 1 unspecified atom stereocenters. The topological polar surface area (TPSA) is 115 Å². The zero-order chi connectivity index (χ0) is 26.9. The molecule has 10 nitrogen and oxygen atoms in total. The van der Waals surface area contributed by atoms with Crippen molar-refractivity contribution in [2.75, 3.05) is 18.4 Å². The van der Waals surface area contributed by atoms with E-state index in [4.69, 9.17) is 14.0 Å². The minimum Gasteiger partial charge on any atom is -0.444 e. The van der Waals surface area contributed by atoms with Gasteiger partial charge in [-0.05, 0) is 67.2 Å². The summed E-state index contributed by atoms with van der Waals surface area (Å²) in [6, 6.07) is -0.483. The summed E-state index contributed by atoms with van der Waals surface area (Å²) in [5.74, 6) is 0.390. The van der Waals surface area contributed by atoms with Crippen molar-refractivity contribution in [2.45, 2.75) is 104 Å². The molecule has 1 atom stereocenters. The smallest absolute Gasteiger partial charge is 0.444 e. The van der Waals surface area contributed by atoms with Crippen LogP contribution in [0.1, 0.15) is 75.2 Å². The van der Waals surface area contributed by atoms with E-state index in [9.17, 15) is 9.59 Å². The molecule has 2 aliphatic rings. The number of alkyl carbamates (subject to hydrolysis) is 1. The fourth-order valence-electron chi connectivity index (χ4n) is 4.08. The number of ether oxygens (including phenoxy) is 1. The first-order valence-corrected chi connectivity index (χ1v) is 12.8. The van der Waals surface area contributed by atoms with Crippen molar-refractivity contribution in [1.82, 2.24) is 20.2 Å². The van der Waals surface area contributed by atoms with E-state index in [1.807, 2.05) is 46.4 Å². The minimum absolute atomic E-state index is 0.0586. The van der Waals surface area contributed by atoms with Crippen molar-refractivity contribution in [3.8, 4) is 0 Å². The number of piperidine rings is 1. The lowest BCUT2D eigenvalue weighted by Gasteiger charge is -2.35. The Kier molecular flexibility index (Phi) is 8.25. The molecule has 2 amide bonds. The molecule has 2 fully saturated rings. The number of anilines is 1. The molecule has 2 saturated heterocycles. The van der Waals surface area contributed by atoms with E-state index >= 15 is 0 Å². The highest BCUT2D eigenvalue weighted by molar-refractivity contribution is 6.61. The van der Waals surface area contributed by atoms with Crippen molar-refractivity contribution < 1.29 is 23.6 Å². The van der Waals surface area contributed by atoms with Crippen LogP contribution in [0.4, 0.5) is 10.7 Å². The van der Waals surface area contributed by atoms with Gasteiger partial charge in [0.1, 0.15) is 11.6 Å². The van der Waals surface area contributed by atoms with Gasteiger partial charge in [-0.2, -0.15) is 0 Å². The maximum Gasteiger partial charge on any atom is 0.498 e. The Balaban J connectivity index is 1.51. The second-order valence-electron chi connectivity index (χ2n) is 12.0. The van der Waals surface area contributed by atoms with Crippen LogP contribution in [0, 0.1) is 5.92 Å². The van der Waals surface area contributed by atoms with Crippen LogP contribution in [0.15, 0.2) is 12.4 Å². The molecule has 0 aliphatic carbocycles. The van der Waals surface area contributed by atoms with Gasteiger partial charge in [-0.3, -0.25) is 4.79 Å². The first-order chi connectivity index (χ1) is 16.6. The van der Waals surface area contributed by atoms with Gasteiger partial charge in [0.2, 0.25) is 11.9 Å². The molecule has 2 N–H and O–H groups in total. The summed E-state index contributed by atoms with van der Waals surface area (Å²) >= 11 is 0. The molecule has 1 aromatic rings. The third kappa shape index (κ3) is 6.88. The van der Waals surface area contributed by atoms with Gasteiger partial charge in [0.05, 0.1) is 11.2 Å². The predicted molar refractivity (Wildman–Crippen MR) is 139 cm³/mol. The van der Waals surface area contributed by atoms with Gasteiger partial charge < -0.3 is 29.6 Å². The van der Waals surface area contributed by atoms with E-state index in [2.05, 4.69) is 20.6 Å². The van der Waals surface area contributed by atoms with Crippen LogP contribution < -0.4 is 16.1 Å². The van der Waals surface area contributed by atoms with Crippen LogP contribution >= 0.6 is 0 Å². The number of nitrogens with zero attached hydrogens (tertiary/aromatic N) is 3. The third-order valence-corrected chi connectivity index (χ3v) is 6.94. The van der Waals surface area contributed by atoms with E-state index < -0.39 is 36.1 Å². The molecule has 0 aromatic carbocycles. The van der Waals surface area contributed by atoms with E-state index in [1.165, 1.54) is 0 Å². The van der Waals surface area contributed by atoms with Crippen molar-refractivity contribution in [3.63, 3.8) is 0 Å². The van der Waals surface area contributed by atoms with Gasteiger partial charge in [-0.25, -0.2) is 14.8 Å². The van der Waals surface area contributed by atoms with Crippen LogP contribution in [0.25, 0.3) is 0 Å². The number of carbonyl (C=O) groups excluding carboxylic acids is 2. The average molecular weight is 503 g/mol. The maximum atomic E-state index is 13.1. The van der Waals surface area contributed by atoms with Crippen molar-refractivity contribution in [2.24, 2.45) is 5.92 Å². The Hall–Kier alpha value is -2.40. The SMILES string of the molecule is CC(C)C(NC(=O)OC(C)(C)C)C(=O)N1CCC(Nc2ncc(B3OC(C)(C)C(C)(C)O3)cn2)CC1. The largest absolute Gasteiger partial charge is 0.498 e. The summed E-state index contributed by atoms with van der Waals surface area (Å²) < 4.78 is 17.5. The number of likely N-dealkylation sites (tertiary alicyclic amines) is 1. The molecular weight excluding hydrogens is 461 g/mol. The lowest BCUT2D eigenvalue weighted by molar-refractivity contribution is -0.135. The fraction of sp³-hybridized carbons (Fsp3) is 0.760. The molecule has 11 heteroatoms. The van der Waals surface area contributed by atoms with Crippen LogP contribution in [-0.4, -0.2) is 76.0 Å². The molecule has 3 rings (SSSR count). The highest BCUT2D eigenvalue weighted by Gasteiger charge is 2.52. The van der Waals surface area contributed by atoms with Crippen molar-refractivity contribution >= 4 is 30.5 Å². The van der Waals surface area contributed by atoms with Gasteiger partial charge >= 0.3 is 13.2 Å². The second kappa shape index (κ2) is 10.5. The number of amides is 2. The molecule has 3 heterocycles. The van der Waals surface area contributed by atoms with Gasteiger partial charge in [-0.1, -0.05) is 13.8 Å². The highest BCUT2D eigenvalue weighted by Crippen LogP contribution is 2.36. The zero-order valence-electron chi connectivity index (χ0n) is 23.2. The van der Waals surface area contributed by atoms with E-state index in [-0.39, 0.29) is 17.9 Å². The monoisotopic (exact) mass is 503 g/mol. The van der Waals surface area contributed by atoms with Crippen LogP contribution in [-0.2, 0) is 18.8 Å². The average Bonchev–Trinajstić information content (AvgIpc) is 2.98. The minimum atomic E-state index is -0.629. The number of rotatable bonds is 6. The molecular formula is C25H42BN5O5. The predicted octanol–water partition coefficient (Wildman–Crippen LogP) is 2.73. The first kappa shape index (κ1) is 28.2. The van der Waals surface area contributed by atoms with Crippen molar-refractivity contribution in [3.05, 3.63) is 12.4 Å². The number of hydrogen-bond donors (Lipinski definition) is 2. The Morgan fingerprint density at radius 2 is 1.61 bits per heavy atom. The molecule has 0 radical (unpaired) electrons. The second-order valence-corrected chi connectivity index (χ2v) is 12.0. The summed E-state index contributed by atoms with van der Waals surface area (Å²) in [7, 11) is -0.499. The fourth-order valence-corrected chi connectivity index (χ4v) is 4.08. The summed E-state index contributed by atoms with van der Waals surface area (Å²) in [5.41, 5.74) is -0.686. The Labute approximate surface area is 215 Å². The number of hydrogen-bond acceptors (Lipinski definition) is 8. The van der Waals surface area contributed by atoms with E-state index in [1.54, 1.807) is 33.2 Å². The Morgan fingerprint density at radius 3 is 2.08 bits per heavy atom. The standard InChI is InChI=1S/C25H42BN5O5/c1-16(2)19(30-22(33)34-23(3,4)5)20(32)31-12-10-18(11-13-31)29-21-27-14-17(15-28-21)26-35-24(6,7)25(8,9)36-26/h14-16,18-19H,10-13H2,1-9H3,(H,30,33)(H,27,28,29). The summed E-state index contributed by atoms with van der Waals surface area (Å²) in [5, 5.41) is 6.12. The maximum absolute atomic E-state index is 13.1.